The van der Waals surface area contributed by atoms with Crippen molar-refractivity contribution < 1.29 is 14.3 Å². The number of cyclic esters (lactones) is 1. The number of esters is 1. The van der Waals surface area contributed by atoms with Crippen molar-refractivity contribution in [2.24, 2.45) is 5.92 Å². The number of ketones is 1. The van der Waals surface area contributed by atoms with Gasteiger partial charge in [0.2, 0.25) is 0 Å². The molecule has 1 heterocycles. The molecule has 0 aromatic heterocycles. The predicted molar refractivity (Wildman–Crippen MR) is 77.5 cm³/mol. The fraction of sp³-hybridized carbons (Fsp3) is 0.500. The first-order valence-corrected chi connectivity index (χ1v) is 8.06. The van der Waals surface area contributed by atoms with Gasteiger partial charge in [-0.05, 0) is 25.0 Å². The Morgan fingerprint density at radius 1 is 1.10 bits per heavy atom. The lowest BCUT2D eigenvalue weighted by Gasteiger charge is -2.28. The van der Waals surface area contributed by atoms with E-state index in [0.717, 1.165) is 24.2 Å². The molecule has 3 nitrogen and oxygen atoms in total. The standard InChI is InChI=1S/C16H18O3S/c17-13-9-5-4-8-12(13)16-14(10-15(18)19-16)20-11-6-2-1-3-7-11/h1-3,6-7,12,14,16H,4-5,8-10H2/t12?,14-,16+/m1/s1. The summed E-state index contributed by atoms with van der Waals surface area (Å²) in [5, 5.41) is 0.0666. The zero-order chi connectivity index (χ0) is 13.9. The van der Waals surface area contributed by atoms with Gasteiger partial charge in [0.15, 0.2) is 0 Å². The molecule has 106 valence electrons. The summed E-state index contributed by atoms with van der Waals surface area (Å²) in [7, 11) is 0. The highest BCUT2D eigenvalue weighted by atomic mass is 32.2. The van der Waals surface area contributed by atoms with Crippen LogP contribution in [0.1, 0.15) is 32.1 Å². The number of hydrogen-bond donors (Lipinski definition) is 0. The summed E-state index contributed by atoms with van der Waals surface area (Å²) >= 11 is 1.66. The Morgan fingerprint density at radius 2 is 1.90 bits per heavy atom. The van der Waals surface area contributed by atoms with Crippen LogP contribution in [-0.4, -0.2) is 23.1 Å². The Hall–Kier alpha value is -1.29. The minimum absolute atomic E-state index is 0.0666. The molecule has 1 aromatic rings. The smallest absolute Gasteiger partial charge is 0.307 e. The van der Waals surface area contributed by atoms with E-state index in [1.165, 1.54) is 0 Å². The molecule has 1 saturated carbocycles. The Morgan fingerprint density at radius 3 is 2.65 bits per heavy atom. The van der Waals surface area contributed by atoms with Crippen molar-refractivity contribution in [2.45, 2.75) is 48.4 Å². The third-order valence-electron chi connectivity index (χ3n) is 4.03. The summed E-state index contributed by atoms with van der Waals surface area (Å²) in [6, 6.07) is 10.0. The summed E-state index contributed by atoms with van der Waals surface area (Å²) in [5.74, 6) is 0.0211. The number of carbonyl (C=O) groups excluding carboxylic acids is 2. The molecule has 2 aliphatic rings. The van der Waals surface area contributed by atoms with E-state index in [2.05, 4.69) is 0 Å². The molecule has 1 aromatic carbocycles. The van der Waals surface area contributed by atoms with Gasteiger partial charge in [-0.2, -0.15) is 0 Å². The third-order valence-corrected chi connectivity index (χ3v) is 5.31. The lowest BCUT2D eigenvalue weighted by atomic mass is 9.83. The van der Waals surface area contributed by atoms with Crippen LogP contribution in [-0.2, 0) is 14.3 Å². The number of thioether (sulfide) groups is 1. The second-order valence-electron chi connectivity index (χ2n) is 5.45. The van der Waals surface area contributed by atoms with Crippen LogP contribution in [0.2, 0.25) is 0 Å². The molecule has 2 fully saturated rings. The van der Waals surface area contributed by atoms with Crippen molar-refractivity contribution >= 4 is 23.5 Å². The van der Waals surface area contributed by atoms with Gasteiger partial charge in [-0.1, -0.05) is 24.6 Å². The van der Waals surface area contributed by atoms with Gasteiger partial charge >= 0.3 is 5.97 Å². The van der Waals surface area contributed by atoms with Gasteiger partial charge in [0, 0.05) is 11.3 Å². The zero-order valence-electron chi connectivity index (χ0n) is 11.3. The van der Waals surface area contributed by atoms with E-state index in [0.29, 0.717) is 12.8 Å². The highest BCUT2D eigenvalue weighted by Gasteiger charge is 2.43. The van der Waals surface area contributed by atoms with Crippen molar-refractivity contribution in [1.29, 1.82) is 0 Å². The van der Waals surface area contributed by atoms with Gasteiger partial charge in [-0.25, -0.2) is 0 Å². The highest BCUT2D eigenvalue weighted by Crippen LogP contribution is 2.39. The molecule has 1 unspecified atom stereocenters. The maximum absolute atomic E-state index is 12.1. The molecular weight excluding hydrogens is 272 g/mol. The summed E-state index contributed by atoms with van der Waals surface area (Å²) in [6.45, 7) is 0. The first-order valence-electron chi connectivity index (χ1n) is 7.18. The van der Waals surface area contributed by atoms with Crippen LogP contribution < -0.4 is 0 Å². The normalized spacial score (nSPS) is 30.3. The molecule has 0 spiro atoms. The Balaban J connectivity index is 1.74. The van der Waals surface area contributed by atoms with E-state index in [4.69, 9.17) is 4.74 Å². The van der Waals surface area contributed by atoms with Crippen LogP contribution in [0.15, 0.2) is 35.2 Å². The zero-order valence-corrected chi connectivity index (χ0v) is 12.1. The van der Waals surface area contributed by atoms with Crippen molar-refractivity contribution in [3.8, 4) is 0 Å². The number of Topliss-reactive ketones (excluding diaryl/α,β-unsaturated/α-hetero) is 1. The summed E-state index contributed by atoms with van der Waals surface area (Å²) in [6.07, 6.45) is 3.72. The Bertz CT molecular complexity index is 500. The molecule has 3 rings (SSSR count). The van der Waals surface area contributed by atoms with Crippen molar-refractivity contribution in [3.05, 3.63) is 30.3 Å². The maximum Gasteiger partial charge on any atom is 0.307 e. The van der Waals surface area contributed by atoms with Crippen LogP contribution in [0.3, 0.4) is 0 Å². The van der Waals surface area contributed by atoms with E-state index in [9.17, 15) is 9.59 Å². The largest absolute Gasteiger partial charge is 0.460 e. The van der Waals surface area contributed by atoms with E-state index in [1.807, 2.05) is 30.3 Å². The quantitative estimate of drug-likeness (QED) is 0.802. The van der Waals surface area contributed by atoms with Crippen LogP contribution >= 0.6 is 11.8 Å². The molecule has 0 N–H and O–H groups in total. The topological polar surface area (TPSA) is 43.4 Å². The minimum Gasteiger partial charge on any atom is -0.460 e. The van der Waals surface area contributed by atoms with Crippen molar-refractivity contribution in [3.63, 3.8) is 0 Å². The molecule has 1 aliphatic carbocycles. The van der Waals surface area contributed by atoms with E-state index >= 15 is 0 Å². The van der Waals surface area contributed by atoms with Crippen LogP contribution in [0.25, 0.3) is 0 Å². The monoisotopic (exact) mass is 290 g/mol. The average Bonchev–Trinajstić information content (AvgIpc) is 2.81. The van der Waals surface area contributed by atoms with Gasteiger partial charge in [0.25, 0.3) is 0 Å². The van der Waals surface area contributed by atoms with Gasteiger partial charge < -0.3 is 4.74 Å². The molecule has 3 atom stereocenters. The van der Waals surface area contributed by atoms with Crippen LogP contribution in [0.4, 0.5) is 0 Å². The second kappa shape index (κ2) is 6.00. The summed E-state index contributed by atoms with van der Waals surface area (Å²) in [4.78, 5) is 24.9. The fourth-order valence-corrected chi connectivity index (χ4v) is 4.30. The second-order valence-corrected chi connectivity index (χ2v) is 6.76. The number of benzene rings is 1. The van der Waals surface area contributed by atoms with Crippen LogP contribution in [0, 0.1) is 5.92 Å². The molecular formula is C16H18O3S. The fourth-order valence-electron chi connectivity index (χ4n) is 3.04. The number of carbonyl (C=O) groups is 2. The lowest BCUT2D eigenvalue weighted by Crippen LogP contribution is -2.36. The number of ether oxygens (including phenoxy) is 1. The maximum atomic E-state index is 12.1. The predicted octanol–water partition coefficient (Wildman–Crippen LogP) is 3.22. The van der Waals surface area contributed by atoms with Gasteiger partial charge in [-0.15, -0.1) is 11.8 Å². The first kappa shape index (κ1) is 13.7. The van der Waals surface area contributed by atoms with Crippen molar-refractivity contribution in [2.75, 3.05) is 0 Å². The number of hydrogen-bond acceptors (Lipinski definition) is 4. The summed E-state index contributed by atoms with van der Waals surface area (Å²) < 4.78 is 5.48. The van der Waals surface area contributed by atoms with E-state index in [-0.39, 0.29) is 29.0 Å². The minimum atomic E-state index is -0.236. The SMILES string of the molecule is O=C1C[C@@H](Sc2ccccc2)[C@H](C2CCCCC2=O)O1. The molecule has 0 amide bonds. The number of rotatable bonds is 3. The van der Waals surface area contributed by atoms with Crippen molar-refractivity contribution in [1.82, 2.24) is 0 Å². The van der Waals surface area contributed by atoms with E-state index < -0.39 is 0 Å². The Kier molecular flexibility index (Phi) is 4.10. The first-order chi connectivity index (χ1) is 9.74. The van der Waals surface area contributed by atoms with Gasteiger partial charge in [-0.3, -0.25) is 9.59 Å². The molecule has 1 aliphatic heterocycles. The summed E-state index contributed by atoms with van der Waals surface area (Å²) in [5.41, 5.74) is 0. The van der Waals surface area contributed by atoms with Gasteiger partial charge in [0.1, 0.15) is 11.9 Å². The molecule has 4 heteroatoms. The lowest BCUT2D eigenvalue weighted by molar-refractivity contribution is -0.145. The van der Waals surface area contributed by atoms with Gasteiger partial charge in [0.05, 0.1) is 17.6 Å². The highest BCUT2D eigenvalue weighted by molar-refractivity contribution is 8.00. The van der Waals surface area contributed by atoms with E-state index in [1.54, 1.807) is 11.8 Å². The molecule has 1 saturated heterocycles. The third kappa shape index (κ3) is 2.90. The average molecular weight is 290 g/mol. The van der Waals surface area contributed by atoms with Crippen LogP contribution in [0.5, 0.6) is 0 Å². The molecule has 0 bridgehead atoms. The molecule has 0 radical (unpaired) electrons. The Labute approximate surface area is 123 Å². The molecule has 20 heavy (non-hydrogen) atoms.